The molecule has 1 aliphatic heterocycles. The molecule has 101 heavy (non-hydrogen) atoms. The largest absolute Gasteiger partial charge is 0.508 e. The van der Waals surface area contributed by atoms with Crippen molar-refractivity contribution in [2.75, 3.05) is 26.3 Å². The van der Waals surface area contributed by atoms with Crippen molar-refractivity contribution >= 4 is 88.7 Å². The predicted octanol–water partition coefficient (Wildman–Crippen LogP) is -7.59. The summed E-state index contributed by atoms with van der Waals surface area (Å²) < 4.78 is 0. The number of carboxylic acid groups (broad SMARTS) is 1. The van der Waals surface area contributed by atoms with Crippen molar-refractivity contribution in [1.29, 1.82) is 0 Å². The molecular weight excluding hydrogens is 1330 g/mol. The zero-order valence-corrected chi connectivity index (χ0v) is 56.7. The zero-order chi connectivity index (χ0) is 75.2. The number of hydrogen-bond acceptors (Lipinski definition) is 21. The summed E-state index contributed by atoms with van der Waals surface area (Å²) in [6.45, 7) is 5.51. The number of aliphatic hydroxyl groups excluding tert-OH is 2. The Morgan fingerprint density at radius 3 is 1.54 bits per heavy atom. The molecule has 0 saturated carbocycles. The molecule has 26 N–H and O–H groups in total. The molecule has 556 valence electrons. The van der Waals surface area contributed by atoms with E-state index in [1.54, 1.807) is 27.7 Å². The summed E-state index contributed by atoms with van der Waals surface area (Å²) in [5, 5.41) is 65.5. The number of phenols is 1. The molecule has 0 spiro atoms. The number of guanidine groups is 1. The average molecular weight is 1420 g/mol. The molecule has 1 aromatic carbocycles. The molecule has 1 saturated heterocycles. The van der Waals surface area contributed by atoms with Gasteiger partial charge in [0.1, 0.15) is 72.2 Å². The van der Waals surface area contributed by atoms with Crippen LogP contribution < -0.4 is 81.8 Å². The van der Waals surface area contributed by atoms with Crippen molar-refractivity contribution in [2.45, 2.75) is 184 Å². The number of nitrogens with zero attached hydrogens (tertiary/aromatic N) is 4. The quantitative estimate of drug-likeness (QED) is 0.0142. The normalized spacial score (nSPS) is 16.2. The number of aliphatic imine (C=N–C) groups is 1. The van der Waals surface area contributed by atoms with Gasteiger partial charge in [0.2, 0.25) is 76.8 Å². The Bertz CT molecular complexity index is 3350. The summed E-state index contributed by atoms with van der Waals surface area (Å²) >= 11 is 0. The van der Waals surface area contributed by atoms with Crippen LogP contribution in [0.15, 0.2) is 54.3 Å². The summed E-state index contributed by atoms with van der Waals surface area (Å²) in [6.07, 6.45) is 3.46. The number of primary amides is 2. The topological polar surface area (TPSA) is 643 Å². The number of carbonyl (C=O) groups is 14. The molecule has 39 nitrogen and oxygen atoms in total. The minimum Gasteiger partial charge on any atom is -0.508 e. The van der Waals surface area contributed by atoms with E-state index in [-0.39, 0.29) is 102 Å². The van der Waals surface area contributed by atoms with E-state index >= 15 is 0 Å². The van der Waals surface area contributed by atoms with Gasteiger partial charge in [-0.05, 0) is 75.0 Å². The van der Waals surface area contributed by atoms with Crippen molar-refractivity contribution in [1.82, 2.24) is 78.0 Å². The highest BCUT2D eigenvalue weighted by Gasteiger charge is 2.41. The van der Waals surface area contributed by atoms with Crippen LogP contribution in [0.3, 0.4) is 0 Å². The fourth-order valence-corrected chi connectivity index (χ4v) is 10.4. The molecule has 13 atom stereocenters. The number of amides is 13. The lowest BCUT2D eigenvalue weighted by Gasteiger charge is -2.31. The fraction of sp³-hybridized carbons (Fsp3) is 0.565. The van der Waals surface area contributed by atoms with Crippen molar-refractivity contribution in [3.05, 3.63) is 66.3 Å². The van der Waals surface area contributed by atoms with E-state index in [2.05, 4.69) is 78.1 Å². The zero-order valence-electron chi connectivity index (χ0n) is 56.7. The lowest BCUT2D eigenvalue weighted by molar-refractivity contribution is -0.144. The van der Waals surface area contributed by atoms with Crippen LogP contribution in [0.2, 0.25) is 0 Å². The Kier molecular flexibility index (Phi) is 33.5. The number of benzene rings is 1. The fourth-order valence-electron chi connectivity index (χ4n) is 10.4. The van der Waals surface area contributed by atoms with E-state index < -0.39 is 180 Å². The van der Waals surface area contributed by atoms with Crippen LogP contribution in [-0.4, -0.2) is 233 Å². The van der Waals surface area contributed by atoms with Gasteiger partial charge in [0.05, 0.1) is 31.9 Å². The number of nitrogens with two attached hydrogens (primary N) is 5. The average Bonchev–Trinajstić information content (AvgIpc) is 1.77. The summed E-state index contributed by atoms with van der Waals surface area (Å²) in [6, 6.07) is -12.5. The Labute approximate surface area is 580 Å². The highest BCUT2D eigenvalue weighted by Crippen LogP contribution is 2.20. The molecule has 4 rings (SSSR count). The van der Waals surface area contributed by atoms with Gasteiger partial charge in [0.15, 0.2) is 5.96 Å². The van der Waals surface area contributed by atoms with Gasteiger partial charge in [-0.1, -0.05) is 46.2 Å². The van der Waals surface area contributed by atoms with Crippen LogP contribution in [0.5, 0.6) is 5.75 Å². The summed E-state index contributed by atoms with van der Waals surface area (Å²) in [7, 11) is 0. The maximum Gasteiger partial charge on any atom is 0.326 e. The third-order valence-electron chi connectivity index (χ3n) is 16.4. The molecule has 0 aliphatic carbocycles. The van der Waals surface area contributed by atoms with E-state index in [4.69, 9.17) is 28.7 Å². The van der Waals surface area contributed by atoms with Crippen LogP contribution in [0.25, 0.3) is 0 Å². The monoisotopic (exact) mass is 1420 g/mol. The number of aliphatic carboxylic acids is 1. The third kappa shape index (κ3) is 27.1. The number of aromatic hydroxyl groups is 1. The second kappa shape index (κ2) is 40.9. The van der Waals surface area contributed by atoms with Gasteiger partial charge in [0.25, 0.3) is 0 Å². The van der Waals surface area contributed by atoms with Crippen LogP contribution >= 0.6 is 0 Å². The van der Waals surface area contributed by atoms with Crippen molar-refractivity contribution < 1.29 is 87.5 Å². The van der Waals surface area contributed by atoms with Gasteiger partial charge in [-0.2, -0.15) is 0 Å². The number of phenolic OH excluding ortho intramolecular Hbond substituents is 1. The highest BCUT2D eigenvalue weighted by molar-refractivity contribution is 6.00. The molecule has 2 aromatic heterocycles. The Hall–Kier alpha value is -10.8. The minimum atomic E-state index is -1.72. The first-order valence-corrected chi connectivity index (χ1v) is 32.7. The van der Waals surface area contributed by atoms with Gasteiger partial charge in [-0.3, -0.25) is 67.3 Å². The number of aromatic amines is 2. The maximum absolute atomic E-state index is 14.8. The second-order valence-electron chi connectivity index (χ2n) is 24.7. The Morgan fingerprint density at radius 1 is 0.574 bits per heavy atom. The third-order valence-corrected chi connectivity index (χ3v) is 16.4. The van der Waals surface area contributed by atoms with Gasteiger partial charge in [-0.25, -0.2) is 14.8 Å². The molecule has 13 amide bonds. The number of likely N-dealkylation sites (tertiary alicyclic amines) is 1. The summed E-state index contributed by atoms with van der Waals surface area (Å²) in [5.74, 6) is -15.3. The molecule has 1 aliphatic rings. The summed E-state index contributed by atoms with van der Waals surface area (Å²) in [4.78, 5) is 208. The van der Waals surface area contributed by atoms with E-state index in [1.165, 1.54) is 56.2 Å². The van der Waals surface area contributed by atoms with Crippen LogP contribution in [0.4, 0.5) is 0 Å². The van der Waals surface area contributed by atoms with Crippen molar-refractivity contribution in [3.63, 3.8) is 0 Å². The highest BCUT2D eigenvalue weighted by atomic mass is 16.4. The van der Waals surface area contributed by atoms with Crippen LogP contribution in [-0.2, 0) is 86.4 Å². The van der Waals surface area contributed by atoms with E-state index in [9.17, 15) is 87.5 Å². The standard InChI is InChI=1S/C62H95N21O18/c1-6-31(4)49(59(98)80-44(27-85)60(99)83-20-8-10-45(83)58(97)73-32(5)50(89)74-39(16-18-47(65)88)53(92)81-48(30(2)3)61(100)101)82-56(95)42(23-35-25-69-29-72-35)77-52(91)38(9-7-19-70-62(66)67)75-54(93)40(21-33-11-13-36(86)14-12-33)76-55(94)41(22-34-24-68-28-71-34)78-57(96)43(26-84)79-51(90)37(63)15-17-46(64)87/h11-14,24-25,28-32,37-45,48-49,84-86H,6-10,15-23,26-27,63H2,1-5H3,(H2,64,87)(H2,65,88)(H,68,71)(H,69,72)(H,73,97)(H,74,89)(H,75,93)(H,76,94)(H,77,91)(H,78,96)(H,79,90)(H,80,98)(H,81,92)(H,82,95)(H,100,101)(H4,66,67,70)/t31-,32+,37+,38+,39+,40+,41+,42+,43+,44+,45+,48+,49+/m0/s1. The number of imidazole rings is 2. The number of aromatic nitrogens is 4. The molecule has 0 radical (unpaired) electrons. The second-order valence-corrected chi connectivity index (χ2v) is 24.7. The Balaban J connectivity index is 1.60. The maximum atomic E-state index is 14.8. The number of hydrogen-bond donors (Lipinski definition) is 21. The van der Waals surface area contributed by atoms with Gasteiger partial charge in [0, 0.05) is 69.0 Å². The first-order chi connectivity index (χ1) is 47.8. The van der Waals surface area contributed by atoms with Crippen LogP contribution in [0.1, 0.15) is 109 Å². The first-order valence-electron chi connectivity index (χ1n) is 32.7. The van der Waals surface area contributed by atoms with Crippen molar-refractivity contribution in [3.8, 4) is 5.75 Å². The number of H-pyrrole nitrogens is 2. The molecule has 3 aromatic rings. The van der Waals surface area contributed by atoms with Gasteiger partial charge < -0.3 is 117 Å². The van der Waals surface area contributed by atoms with Gasteiger partial charge in [-0.15, -0.1) is 0 Å². The Morgan fingerprint density at radius 2 is 1.04 bits per heavy atom. The smallest absolute Gasteiger partial charge is 0.326 e. The lowest BCUT2D eigenvalue weighted by atomic mass is 9.97. The SMILES string of the molecule is CC[C@H](C)[C@@H](NC(=O)[C@@H](Cc1cnc[nH]1)NC(=O)[C@@H](CCCN=C(N)N)NC(=O)[C@@H](Cc1ccc(O)cc1)NC(=O)[C@@H](Cc1cnc[nH]1)NC(=O)[C@@H](CO)NC(=O)[C@H](N)CCC(N)=O)C(=O)N[C@H](CO)C(=O)N1CCC[C@@H]1C(=O)N[C@H](C)C(=O)N[C@H](CCC(N)=O)C(=O)N[C@@H](C(=O)O)C(C)C. The van der Waals surface area contributed by atoms with E-state index in [0.29, 0.717) is 17.0 Å². The minimum absolute atomic E-state index is 0.0139. The predicted molar refractivity (Wildman–Crippen MR) is 357 cm³/mol. The number of rotatable bonds is 43. The number of nitrogens with one attached hydrogen (secondary N) is 12. The van der Waals surface area contributed by atoms with E-state index in [0.717, 1.165) is 4.90 Å². The summed E-state index contributed by atoms with van der Waals surface area (Å²) in [5.41, 5.74) is 28.5. The van der Waals surface area contributed by atoms with Crippen molar-refractivity contribution in [2.24, 2.45) is 45.5 Å². The molecular formula is C62H95N21O18. The number of aliphatic hydroxyl groups is 2. The van der Waals surface area contributed by atoms with E-state index in [1.807, 2.05) is 0 Å². The molecule has 0 unspecified atom stereocenters. The molecule has 39 heteroatoms. The number of carboxylic acids is 1. The number of carbonyl (C=O) groups excluding carboxylic acids is 13. The first kappa shape index (κ1) is 82.6. The molecule has 1 fully saturated rings. The van der Waals surface area contributed by atoms with Crippen LogP contribution in [0, 0.1) is 11.8 Å². The lowest BCUT2D eigenvalue weighted by Crippen LogP contribution is -2.62. The molecule has 3 heterocycles. The van der Waals surface area contributed by atoms with Gasteiger partial charge >= 0.3 is 5.97 Å². The molecule has 0 bridgehead atoms.